The van der Waals surface area contributed by atoms with Gasteiger partial charge in [0.15, 0.2) is 0 Å². The first-order valence-electron chi connectivity index (χ1n) is 5.27. The van der Waals surface area contributed by atoms with Crippen molar-refractivity contribution in [3.63, 3.8) is 0 Å². The van der Waals surface area contributed by atoms with Crippen molar-refractivity contribution in [2.24, 2.45) is 0 Å². The summed E-state index contributed by atoms with van der Waals surface area (Å²) in [6, 6.07) is 1.40. The molecule has 1 aliphatic heterocycles. The highest BCUT2D eigenvalue weighted by Gasteiger charge is 2.21. The lowest BCUT2D eigenvalue weighted by atomic mass is 10.0. The Hall–Kier alpha value is -2.51. The Balaban J connectivity index is 2.10. The van der Waals surface area contributed by atoms with Crippen LogP contribution in [0.1, 0.15) is 5.69 Å². The van der Waals surface area contributed by atoms with Gasteiger partial charge < -0.3 is 20.8 Å². The molecule has 8 heteroatoms. The van der Waals surface area contributed by atoms with E-state index in [0.717, 1.165) is 0 Å². The molecule has 96 valence electrons. The molecule has 1 atom stereocenters. The zero-order chi connectivity index (χ0) is 13.1. The average Bonchev–Trinajstić information content (AvgIpc) is 2.27. The van der Waals surface area contributed by atoms with E-state index in [1.807, 2.05) is 0 Å². The number of aromatic nitrogens is 1. The Morgan fingerprint density at radius 3 is 2.83 bits per heavy atom. The van der Waals surface area contributed by atoms with Crippen LogP contribution in [-0.4, -0.2) is 40.0 Å². The molecule has 8 nitrogen and oxygen atoms in total. The quantitative estimate of drug-likeness (QED) is 0.529. The van der Waals surface area contributed by atoms with Gasteiger partial charge in [-0.3, -0.25) is 10.3 Å². The summed E-state index contributed by atoms with van der Waals surface area (Å²) in [5.41, 5.74) is 1.79. The van der Waals surface area contributed by atoms with Crippen molar-refractivity contribution in [1.82, 2.24) is 10.3 Å². The van der Waals surface area contributed by atoms with Crippen LogP contribution in [0.15, 0.2) is 12.3 Å². The lowest BCUT2D eigenvalue weighted by molar-refractivity contribution is 0.190. The molecule has 0 saturated heterocycles. The minimum Gasteiger partial charge on any atom is -0.465 e. The standard InChI is InChI=1S/C10H12N4O4/c15-9(16)13-5-1-7-8(12-3-5)2-6(4-11-7)14-10(17)18/h1,3,6,11,13-14H,2,4H2,(H,15,16)(H,17,18). The molecule has 0 saturated carbocycles. The molecule has 0 spiro atoms. The van der Waals surface area contributed by atoms with Gasteiger partial charge in [-0.25, -0.2) is 9.59 Å². The first-order valence-corrected chi connectivity index (χ1v) is 5.27. The molecule has 0 radical (unpaired) electrons. The number of hydrogen-bond donors (Lipinski definition) is 5. The molecule has 1 aromatic rings. The number of rotatable bonds is 2. The summed E-state index contributed by atoms with van der Waals surface area (Å²) in [7, 11) is 0. The summed E-state index contributed by atoms with van der Waals surface area (Å²) in [4.78, 5) is 25.1. The molecule has 5 N–H and O–H groups in total. The fourth-order valence-electron chi connectivity index (χ4n) is 1.82. The van der Waals surface area contributed by atoms with E-state index in [1.54, 1.807) is 6.07 Å². The first kappa shape index (κ1) is 12.0. The van der Waals surface area contributed by atoms with E-state index >= 15 is 0 Å². The second-order valence-electron chi connectivity index (χ2n) is 3.88. The van der Waals surface area contributed by atoms with Crippen LogP contribution in [-0.2, 0) is 6.42 Å². The number of carbonyl (C=O) groups is 2. The van der Waals surface area contributed by atoms with Gasteiger partial charge in [-0.05, 0) is 6.07 Å². The van der Waals surface area contributed by atoms with Gasteiger partial charge >= 0.3 is 12.2 Å². The topological polar surface area (TPSA) is 124 Å². The predicted octanol–water partition coefficient (Wildman–Crippen LogP) is 0.776. The van der Waals surface area contributed by atoms with Crippen LogP contribution in [0.4, 0.5) is 21.0 Å². The van der Waals surface area contributed by atoms with Crippen molar-refractivity contribution in [2.75, 3.05) is 17.2 Å². The van der Waals surface area contributed by atoms with Gasteiger partial charge in [0.2, 0.25) is 0 Å². The van der Waals surface area contributed by atoms with E-state index in [9.17, 15) is 9.59 Å². The summed E-state index contributed by atoms with van der Waals surface area (Å²) in [5.74, 6) is 0. The molecule has 0 bridgehead atoms. The number of nitrogens with one attached hydrogen (secondary N) is 3. The molecule has 1 aliphatic rings. The van der Waals surface area contributed by atoms with Crippen LogP contribution in [0, 0.1) is 0 Å². The molecule has 0 fully saturated rings. The van der Waals surface area contributed by atoms with E-state index in [-0.39, 0.29) is 6.04 Å². The van der Waals surface area contributed by atoms with Gasteiger partial charge in [0.05, 0.1) is 29.3 Å². The van der Waals surface area contributed by atoms with Gasteiger partial charge in [0, 0.05) is 13.0 Å². The minimum absolute atomic E-state index is 0.235. The molecule has 1 unspecified atom stereocenters. The van der Waals surface area contributed by atoms with Crippen LogP contribution < -0.4 is 16.0 Å². The van der Waals surface area contributed by atoms with Gasteiger partial charge in [0.25, 0.3) is 0 Å². The van der Waals surface area contributed by atoms with E-state index < -0.39 is 12.2 Å². The van der Waals surface area contributed by atoms with Crippen molar-refractivity contribution in [2.45, 2.75) is 12.5 Å². The van der Waals surface area contributed by atoms with Crippen molar-refractivity contribution < 1.29 is 19.8 Å². The minimum atomic E-state index is -1.15. The fourth-order valence-corrected chi connectivity index (χ4v) is 1.82. The third kappa shape index (κ3) is 2.78. The molecule has 18 heavy (non-hydrogen) atoms. The number of nitrogens with zero attached hydrogens (tertiary/aromatic N) is 1. The number of carboxylic acid groups (broad SMARTS) is 2. The zero-order valence-electron chi connectivity index (χ0n) is 9.30. The molecule has 1 aromatic heterocycles. The van der Waals surface area contributed by atoms with Crippen LogP contribution >= 0.6 is 0 Å². The van der Waals surface area contributed by atoms with E-state index in [0.29, 0.717) is 30.0 Å². The van der Waals surface area contributed by atoms with Crippen LogP contribution in [0.3, 0.4) is 0 Å². The number of fused-ring (bicyclic) bond motifs is 1. The van der Waals surface area contributed by atoms with Crippen LogP contribution in [0.2, 0.25) is 0 Å². The molecular formula is C10H12N4O4. The summed E-state index contributed by atoms with van der Waals surface area (Å²) in [6.07, 6.45) is -0.354. The molecule has 0 aromatic carbocycles. The van der Waals surface area contributed by atoms with Gasteiger partial charge in [0.1, 0.15) is 0 Å². The molecule has 0 aliphatic carbocycles. The number of amides is 2. The Kier molecular flexibility index (Phi) is 3.18. The highest BCUT2D eigenvalue weighted by Crippen LogP contribution is 2.23. The smallest absolute Gasteiger partial charge is 0.409 e. The maximum atomic E-state index is 10.5. The first-order chi connectivity index (χ1) is 8.54. The summed E-state index contributed by atoms with van der Waals surface area (Å²) >= 11 is 0. The van der Waals surface area contributed by atoms with Crippen molar-refractivity contribution in [3.8, 4) is 0 Å². The van der Waals surface area contributed by atoms with Crippen LogP contribution in [0.5, 0.6) is 0 Å². The average molecular weight is 252 g/mol. The Morgan fingerprint density at radius 2 is 2.17 bits per heavy atom. The second-order valence-corrected chi connectivity index (χ2v) is 3.88. The van der Waals surface area contributed by atoms with E-state index in [2.05, 4.69) is 20.9 Å². The monoisotopic (exact) mass is 252 g/mol. The van der Waals surface area contributed by atoms with Crippen molar-refractivity contribution in [3.05, 3.63) is 18.0 Å². The third-order valence-electron chi connectivity index (χ3n) is 2.53. The second kappa shape index (κ2) is 4.78. The maximum absolute atomic E-state index is 10.5. The van der Waals surface area contributed by atoms with Crippen molar-refractivity contribution in [1.29, 1.82) is 0 Å². The summed E-state index contributed by atoms with van der Waals surface area (Å²) in [6.45, 7) is 0.442. The lowest BCUT2D eigenvalue weighted by Gasteiger charge is -2.25. The summed E-state index contributed by atoms with van der Waals surface area (Å²) < 4.78 is 0. The highest BCUT2D eigenvalue weighted by molar-refractivity contribution is 5.83. The number of pyridine rings is 1. The summed E-state index contributed by atoms with van der Waals surface area (Å²) in [5, 5.41) is 24.8. The molecule has 2 amide bonds. The van der Waals surface area contributed by atoms with Crippen LogP contribution in [0.25, 0.3) is 0 Å². The van der Waals surface area contributed by atoms with E-state index in [4.69, 9.17) is 10.2 Å². The predicted molar refractivity (Wildman–Crippen MR) is 63.0 cm³/mol. The zero-order valence-corrected chi connectivity index (χ0v) is 9.30. The van der Waals surface area contributed by atoms with Gasteiger partial charge in [-0.1, -0.05) is 0 Å². The SMILES string of the molecule is O=C(O)Nc1cnc2c(c1)NCC(NC(=O)O)C2. The normalized spacial score (nSPS) is 17.2. The Labute approximate surface area is 102 Å². The third-order valence-corrected chi connectivity index (χ3v) is 2.53. The van der Waals surface area contributed by atoms with Crippen molar-refractivity contribution >= 4 is 23.6 Å². The van der Waals surface area contributed by atoms with E-state index in [1.165, 1.54) is 6.20 Å². The Bertz CT molecular complexity index is 491. The largest absolute Gasteiger partial charge is 0.465 e. The number of hydrogen-bond acceptors (Lipinski definition) is 4. The Morgan fingerprint density at radius 1 is 1.39 bits per heavy atom. The highest BCUT2D eigenvalue weighted by atomic mass is 16.4. The van der Waals surface area contributed by atoms with Gasteiger partial charge in [-0.15, -0.1) is 0 Å². The molecular weight excluding hydrogens is 240 g/mol. The lowest BCUT2D eigenvalue weighted by Crippen LogP contribution is -2.43. The molecule has 2 heterocycles. The number of anilines is 2. The van der Waals surface area contributed by atoms with Gasteiger partial charge in [-0.2, -0.15) is 0 Å². The fraction of sp³-hybridized carbons (Fsp3) is 0.300. The maximum Gasteiger partial charge on any atom is 0.409 e. The molecule has 2 rings (SSSR count).